The molecule has 0 spiro atoms. The summed E-state index contributed by atoms with van der Waals surface area (Å²) in [5.74, 6) is -0.388. The molecule has 36 heavy (non-hydrogen) atoms. The Labute approximate surface area is 216 Å². The number of aromatic nitrogens is 2. The molecule has 1 saturated heterocycles. The highest BCUT2D eigenvalue weighted by Gasteiger charge is 2.35. The van der Waals surface area contributed by atoms with Gasteiger partial charge in [-0.05, 0) is 36.8 Å². The van der Waals surface area contributed by atoms with Gasteiger partial charge in [0.15, 0.2) is 8.42 Å². The van der Waals surface area contributed by atoms with Crippen LogP contribution < -0.4 is 0 Å². The monoisotopic (exact) mass is 564 g/mol. The summed E-state index contributed by atoms with van der Waals surface area (Å²) in [7, 11) is -7.65. The first-order chi connectivity index (χ1) is 17.2. The van der Waals surface area contributed by atoms with Crippen LogP contribution in [0.4, 0.5) is 4.39 Å². The van der Waals surface area contributed by atoms with E-state index in [1.54, 1.807) is 0 Å². The van der Waals surface area contributed by atoms with Crippen LogP contribution in [-0.4, -0.2) is 61.6 Å². The molecule has 4 aromatic rings. The normalized spacial score (nSPS) is 15.8. The van der Waals surface area contributed by atoms with Crippen molar-refractivity contribution in [1.29, 1.82) is 0 Å². The van der Waals surface area contributed by atoms with Crippen LogP contribution in [0.15, 0.2) is 69.3 Å². The maximum atomic E-state index is 13.2. The molecule has 3 heterocycles. The van der Waals surface area contributed by atoms with Crippen molar-refractivity contribution in [2.75, 3.05) is 26.2 Å². The first kappa shape index (κ1) is 25.1. The number of sulfonamides is 2. The molecular weight excluding hydrogens is 544 g/mol. The van der Waals surface area contributed by atoms with Crippen molar-refractivity contribution in [3.05, 3.63) is 72.3 Å². The Morgan fingerprint density at radius 3 is 1.81 bits per heavy atom. The number of hydrogen-bond donors (Lipinski definition) is 0. The lowest BCUT2D eigenvalue weighted by Crippen LogP contribution is -2.50. The Hall–Kier alpha value is -2.55. The van der Waals surface area contributed by atoms with E-state index in [4.69, 9.17) is 0 Å². The molecule has 8 nitrogen and oxygen atoms in total. The molecule has 0 saturated carbocycles. The molecule has 0 bridgehead atoms. The minimum Gasteiger partial charge on any atom is -0.243 e. The van der Waals surface area contributed by atoms with Crippen LogP contribution >= 0.6 is 22.7 Å². The maximum absolute atomic E-state index is 13.2. The zero-order chi connectivity index (χ0) is 25.5. The first-order valence-corrected chi connectivity index (χ1v) is 15.4. The van der Waals surface area contributed by atoms with Gasteiger partial charge in [-0.2, -0.15) is 8.61 Å². The zero-order valence-electron chi connectivity index (χ0n) is 19.0. The first-order valence-electron chi connectivity index (χ1n) is 10.9. The topological polar surface area (TPSA) is 101 Å². The molecule has 13 heteroatoms. The highest BCUT2D eigenvalue weighted by Crippen LogP contribution is 2.33. The van der Waals surface area contributed by atoms with Gasteiger partial charge in [-0.25, -0.2) is 31.2 Å². The summed E-state index contributed by atoms with van der Waals surface area (Å²) in [6, 6.07) is 13.3. The van der Waals surface area contributed by atoms with E-state index >= 15 is 0 Å². The minimum atomic E-state index is -3.84. The fraction of sp³-hybridized carbons (Fsp3) is 0.217. The smallest absolute Gasteiger partial charge is 0.243 e. The van der Waals surface area contributed by atoms with Crippen LogP contribution in [0.2, 0.25) is 0 Å². The average Bonchev–Trinajstić information content (AvgIpc) is 3.56. The van der Waals surface area contributed by atoms with E-state index < -0.39 is 20.0 Å². The van der Waals surface area contributed by atoms with Crippen molar-refractivity contribution < 1.29 is 21.2 Å². The second-order valence-corrected chi connectivity index (χ2v) is 14.5. The molecule has 1 fully saturated rings. The Morgan fingerprint density at radius 1 is 0.750 bits per heavy atom. The summed E-state index contributed by atoms with van der Waals surface area (Å²) in [5.41, 5.74) is 2.50. The lowest BCUT2D eigenvalue weighted by Gasteiger charge is -2.32. The van der Waals surface area contributed by atoms with Crippen LogP contribution in [0.5, 0.6) is 0 Å². The van der Waals surface area contributed by atoms with Gasteiger partial charge < -0.3 is 0 Å². The molecule has 188 valence electrons. The van der Waals surface area contributed by atoms with Crippen molar-refractivity contribution in [1.82, 2.24) is 18.6 Å². The van der Waals surface area contributed by atoms with E-state index in [9.17, 15) is 21.2 Å². The van der Waals surface area contributed by atoms with Gasteiger partial charge in [0.1, 0.15) is 15.8 Å². The number of thiazole rings is 2. The van der Waals surface area contributed by atoms with Crippen LogP contribution in [0.3, 0.4) is 0 Å². The van der Waals surface area contributed by atoms with Crippen molar-refractivity contribution >= 4 is 42.7 Å². The van der Waals surface area contributed by atoms with Gasteiger partial charge in [-0.1, -0.05) is 24.3 Å². The number of halogens is 1. The van der Waals surface area contributed by atoms with Gasteiger partial charge in [-0.15, -0.1) is 22.7 Å². The van der Waals surface area contributed by atoms with E-state index in [-0.39, 0.29) is 40.4 Å². The van der Waals surface area contributed by atoms with Gasteiger partial charge in [-0.3, -0.25) is 0 Å². The Balaban J connectivity index is 1.29. The number of piperazine rings is 1. The standard InChI is InChI=1S/C23H21FN4O4S4/c1-16-4-2-3-5-19(16)23-26-15-21(34-23)36(31,32)28-12-10-27(11-13-28)35(29,30)20-14-25-22(33-20)17-6-8-18(24)9-7-17/h2-9,14-15H,10-13H2,1H3. The third-order valence-corrected chi connectivity index (χ3v) is 12.6. The Kier molecular flexibility index (Phi) is 6.78. The predicted octanol–water partition coefficient (Wildman–Crippen LogP) is 4.08. The van der Waals surface area contributed by atoms with Gasteiger partial charge in [0.2, 0.25) is 0 Å². The van der Waals surface area contributed by atoms with Crippen molar-refractivity contribution in [3.8, 4) is 21.1 Å². The van der Waals surface area contributed by atoms with E-state index in [1.165, 1.54) is 45.3 Å². The number of rotatable bonds is 6. The second kappa shape index (κ2) is 9.72. The highest BCUT2D eigenvalue weighted by atomic mass is 32.3. The molecule has 0 aliphatic carbocycles. The van der Waals surface area contributed by atoms with Crippen LogP contribution in [0, 0.1) is 12.7 Å². The molecule has 2 aromatic carbocycles. The van der Waals surface area contributed by atoms with Gasteiger partial charge in [0, 0.05) is 37.3 Å². The van der Waals surface area contributed by atoms with E-state index in [2.05, 4.69) is 9.97 Å². The molecule has 0 radical (unpaired) electrons. The summed E-state index contributed by atoms with van der Waals surface area (Å²) in [5, 5.41) is 1.08. The maximum Gasteiger partial charge on any atom is 0.254 e. The summed E-state index contributed by atoms with van der Waals surface area (Å²) >= 11 is 2.10. The quantitative estimate of drug-likeness (QED) is 0.350. The van der Waals surface area contributed by atoms with E-state index in [0.717, 1.165) is 33.8 Å². The fourth-order valence-electron chi connectivity index (χ4n) is 3.83. The third kappa shape index (κ3) is 4.74. The number of benzene rings is 2. The molecular formula is C23H21FN4O4S4. The minimum absolute atomic E-state index is 0.0226. The highest BCUT2D eigenvalue weighted by molar-refractivity contribution is 7.91. The molecule has 1 aliphatic rings. The molecule has 0 unspecified atom stereocenters. The van der Waals surface area contributed by atoms with E-state index in [0.29, 0.717) is 15.6 Å². The number of nitrogens with zero attached hydrogens (tertiary/aromatic N) is 4. The van der Waals surface area contributed by atoms with Crippen molar-refractivity contribution in [2.24, 2.45) is 0 Å². The second-order valence-electron chi connectivity index (χ2n) is 8.10. The van der Waals surface area contributed by atoms with E-state index in [1.807, 2.05) is 31.2 Å². The van der Waals surface area contributed by atoms with Crippen LogP contribution in [0.25, 0.3) is 21.1 Å². The molecule has 1 aliphatic heterocycles. The zero-order valence-corrected chi connectivity index (χ0v) is 22.3. The third-order valence-electron chi connectivity index (χ3n) is 5.82. The largest absolute Gasteiger partial charge is 0.254 e. The summed E-state index contributed by atoms with van der Waals surface area (Å²) < 4.78 is 68.7. The average molecular weight is 565 g/mol. The number of hydrogen-bond acceptors (Lipinski definition) is 8. The molecule has 0 atom stereocenters. The van der Waals surface area contributed by atoms with Gasteiger partial charge >= 0.3 is 0 Å². The fourth-order valence-corrected chi connectivity index (χ4v) is 9.34. The molecule has 0 N–H and O–H groups in total. The van der Waals surface area contributed by atoms with Crippen molar-refractivity contribution in [2.45, 2.75) is 15.3 Å². The SMILES string of the molecule is Cc1ccccc1-c1ncc(S(=O)(=O)N2CCN(S(=O)(=O)c3cnc(-c4ccc(F)cc4)s3)CC2)s1. The summed E-state index contributed by atoms with van der Waals surface area (Å²) in [4.78, 5) is 8.50. The lowest BCUT2D eigenvalue weighted by molar-refractivity contribution is 0.273. The van der Waals surface area contributed by atoms with Crippen LogP contribution in [-0.2, 0) is 20.0 Å². The molecule has 2 aromatic heterocycles. The van der Waals surface area contributed by atoms with Crippen LogP contribution in [0.1, 0.15) is 5.56 Å². The lowest BCUT2D eigenvalue weighted by atomic mass is 10.1. The number of aryl methyl sites for hydroxylation is 1. The summed E-state index contributed by atoms with van der Waals surface area (Å²) in [6.07, 6.45) is 2.64. The summed E-state index contributed by atoms with van der Waals surface area (Å²) in [6.45, 7) is 2.05. The van der Waals surface area contributed by atoms with Crippen molar-refractivity contribution in [3.63, 3.8) is 0 Å². The Bertz CT molecular complexity index is 1610. The van der Waals surface area contributed by atoms with Gasteiger partial charge in [0.05, 0.1) is 12.4 Å². The predicted molar refractivity (Wildman–Crippen MR) is 137 cm³/mol. The molecule has 0 amide bonds. The van der Waals surface area contributed by atoms with Gasteiger partial charge in [0.25, 0.3) is 20.0 Å². The Morgan fingerprint density at radius 2 is 1.25 bits per heavy atom. The molecule has 5 rings (SSSR count).